The lowest BCUT2D eigenvalue weighted by Crippen LogP contribution is -2.44. The number of rotatable bonds is 4. The molecule has 124 valence electrons. The summed E-state index contributed by atoms with van der Waals surface area (Å²) < 4.78 is 1.91. The second kappa shape index (κ2) is 6.38. The molecule has 4 heterocycles. The van der Waals surface area contributed by atoms with Crippen molar-refractivity contribution in [2.45, 2.75) is 32.4 Å². The first-order valence-electron chi connectivity index (χ1n) is 8.64. The SMILES string of the molecule is Cn1cc(CN2CCCC3(CCN(Cc4ccsc4)C3)C2)cn1. The van der Waals surface area contributed by atoms with E-state index in [0.717, 1.165) is 13.1 Å². The molecular weight excluding hydrogens is 304 g/mol. The van der Waals surface area contributed by atoms with Crippen LogP contribution in [0.1, 0.15) is 30.4 Å². The molecule has 0 saturated carbocycles. The van der Waals surface area contributed by atoms with E-state index in [1.807, 2.05) is 29.3 Å². The molecule has 1 spiro atoms. The number of hydrogen-bond acceptors (Lipinski definition) is 4. The van der Waals surface area contributed by atoms with Crippen LogP contribution in [0.4, 0.5) is 0 Å². The quantitative estimate of drug-likeness (QED) is 0.861. The second-order valence-corrected chi connectivity index (χ2v) is 8.21. The maximum atomic E-state index is 4.31. The summed E-state index contributed by atoms with van der Waals surface area (Å²) in [5, 5.41) is 8.79. The van der Waals surface area contributed by atoms with Crippen molar-refractivity contribution in [3.8, 4) is 0 Å². The molecule has 5 heteroatoms. The molecule has 0 aromatic carbocycles. The van der Waals surface area contributed by atoms with Gasteiger partial charge in [0.25, 0.3) is 0 Å². The van der Waals surface area contributed by atoms with Gasteiger partial charge in [0.1, 0.15) is 0 Å². The second-order valence-electron chi connectivity index (χ2n) is 7.43. The zero-order valence-electron chi connectivity index (χ0n) is 13.9. The molecule has 2 aliphatic heterocycles. The van der Waals surface area contributed by atoms with Crippen LogP contribution in [0, 0.1) is 5.41 Å². The van der Waals surface area contributed by atoms with Gasteiger partial charge >= 0.3 is 0 Å². The fourth-order valence-electron chi connectivity index (χ4n) is 4.39. The Kier molecular flexibility index (Phi) is 4.26. The van der Waals surface area contributed by atoms with Crippen LogP contribution in [-0.4, -0.2) is 45.8 Å². The maximum absolute atomic E-state index is 4.31. The van der Waals surface area contributed by atoms with E-state index < -0.39 is 0 Å². The van der Waals surface area contributed by atoms with Gasteiger partial charge in [-0.1, -0.05) is 0 Å². The average molecular weight is 331 g/mol. The van der Waals surface area contributed by atoms with E-state index >= 15 is 0 Å². The Hall–Kier alpha value is -1.17. The smallest absolute Gasteiger partial charge is 0.0534 e. The van der Waals surface area contributed by atoms with Gasteiger partial charge in [0.15, 0.2) is 0 Å². The van der Waals surface area contributed by atoms with Gasteiger partial charge in [0.2, 0.25) is 0 Å². The third-order valence-corrected chi connectivity index (χ3v) is 6.14. The van der Waals surface area contributed by atoms with Crippen LogP contribution in [0.3, 0.4) is 0 Å². The number of aromatic nitrogens is 2. The van der Waals surface area contributed by atoms with E-state index in [0.29, 0.717) is 5.41 Å². The van der Waals surface area contributed by atoms with Gasteiger partial charge in [-0.05, 0) is 60.2 Å². The van der Waals surface area contributed by atoms with Crippen molar-refractivity contribution in [3.63, 3.8) is 0 Å². The molecule has 4 nitrogen and oxygen atoms in total. The Bertz CT molecular complexity index is 635. The summed E-state index contributed by atoms with van der Waals surface area (Å²) >= 11 is 1.81. The van der Waals surface area contributed by atoms with E-state index in [4.69, 9.17) is 0 Å². The van der Waals surface area contributed by atoms with E-state index in [9.17, 15) is 0 Å². The van der Waals surface area contributed by atoms with Crippen molar-refractivity contribution in [1.82, 2.24) is 19.6 Å². The van der Waals surface area contributed by atoms with Gasteiger partial charge in [-0.2, -0.15) is 16.4 Å². The average Bonchev–Trinajstić information content (AvgIpc) is 3.24. The molecule has 0 bridgehead atoms. The van der Waals surface area contributed by atoms with Gasteiger partial charge in [0.05, 0.1) is 6.20 Å². The van der Waals surface area contributed by atoms with Gasteiger partial charge in [-0.15, -0.1) is 0 Å². The van der Waals surface area contributed by atoms with Crippen molar-refractivity contribution in [3.05, 3.63) is 40.3 Å². The summed E-state index contributed by atoms with van der Waals surface area (Å²) in [6, 6.07) is 2.27. The summed E-state index contributed by atoms with van der Waals surface area (Å²) in [6.45, 7) is 7.21. The van der Waals surface area contributed by atoms with Crippen molar-refractivity contribution in [2.24, 2.45) is 12.5 Å². The summed E-state index contributed by atoms with van der Waals surface area (Å²) in [4.78, 5) is 5.31. The number of aryl methyl sites for hydroxylation is 1. The number of piperidine rings is 1. The van der Waals surface area contributed by atoms with Crippen molar-refractivity contribution >= 4 is 11.3 Å². The van der Waals surface area contributed by atoms with Crippen LogP contribution in [0.2, 0.25) is 0 Å². The van der Waals surface area contributed by atoms with Crippen LogP contribution in [0.25, 0.3) is 0 Å². The van der Waals surface area contributed by atoms with Crippen molar-refractivity contribution in [1.29, 1.82) is 0 Å². The van der Waals surface area contributed by atoms with E-state index in [2.05, 4.69) is 37.9 Å². The Balaban J connectivity index is 1.37. The summed E-state index contributed by atoms with van der Waals surface area (Å²) in [7, 11) is 2.00. The molecule has 0 radical (unpaired) electrons. The van der Waals surface area contributed by atoms with E-state index in [1.165, 1.54) is 56.6 Å². The molecular formula is C18H26N4S. The lowest BCUT2D eigenvalue weighted by molar-refractivity contribution is 0.0866. The first-order chi connectivity index (χ1) is 11.2. The molecule has 1 atom stereocenters. The van der Waals surface area contributed by atoms with E-state index in [1.54, 1.807) is 0 Å². The van der Waals surface area contributed by atoms with Gasteiger partial charge in [0, 0.05) is 45.0 Å². The molecule has 0 aliphatic carbocycles. The van der Waals surface area contributed by atoms with Crippen LogP contribution in [0.15, 0.2) is 29.2 Å². The Labute approximate surface area is 142 Å². The molecule has 2 aromatic heterocycles. The highest BCUT2D eigenvalue weighted by atomic mass is 32.1. The van der Waals surface area contributed by atoms with E-state index in [-0.39, 0.29) is 0 Å². The van der Waals surface area contributed by atoms with Crippen LogP contribution >= 0.6 is 11.3 Å². The highest BCUT2D eigenvalue weighted by Gasteiger charge is 2.41. The number of nitrogens with zero attached hydrogens (tertiary/aromatic N) is 4. The zero-order valence-corrected chi connectivity index (χ0v) is 14.8. The summed E-state index contributed by atoms with van der Waals surface area (Å²) in [5.74, 6) is 0. The first kappa shape index (κ1) is 15.4. The molecule has 2 aromatic rings. The molecule has 2 fully saturated rings. The lowest BCUT2D eigenvalue weighted by atomic mass is 9.79. The maximum Gasteiger partial charge on any atom is 0.0534 e. The minimum absolute atomic E-state index is 0.524. The zero-order chi connectivity index (χ0) is 15.7. The fraction of sp³-hybridized carbons (Fsp3) is 0.611. The molecule has 2 saturated heterocycles. The summed E-state index contributed by atoms with van der Waals surface area (Å²) in [5.41, 5.74) is 3.35. The first-order valence-corrected chi connectivity index (χ1v) is 9.58. The number of likely N-dealkylation sites (tertiary alicyclic amines) is 2. The minimum Gasteiger partial charge on any atom is -0.298 e. The van der Waals surface area contributed by atoms with Crippen LogP contribution in [-0.2, 0) is 20.1 Å². The monoisotopic (exact) mass is 330 g/mol. The van der Waals surface area contributed by atoms with Gasteiger partial charge in [-0.25, -0.2) is 0 Å². The highest BCUT2D eigenvalue weighted by molar-refractivity contribution is 7.07. The highest BCUT2D eigenvalue weighted by Crippen LogP contribution is 2.39. The van der Waals surface area contributed by atoms with Crippen LogP contribution in [0.5, 0.6) is 0 Å². The third kappa shape index (κ3) is 3.52. The predicted octanol–water partition coefficient (Wildman–Crippen LogP) is 2.97. The molecule has 23 heavy (non-hydrogen) atoms. The van der Waals surface area contributed by atoms with Crippen LogP contribution < -0.4 is 0 Å². The molecule has 1 unspecified atom stereocenters. The molecule has 4 rings (SSSR count). The molecule has 2 aliphatic rings. The largest absolute Gasteiger partial charge is 0.298 e. The topological polar surface area (TPSA) is 24.3 Å². The standard InChI is InChI=1S/C18H26N4S/c1-20-10-17(9-19-20)12-21-6-2-4-18(14-21)5-7-22(15-18)11-16-3-8-23-13-16/h3,8-10,13H,2,4-7,11-12,14-15H2,1H3. The summed E-state index contributed by atoms with van der Waals surface area (Å²) in [6.07, 6.45) is 8.27. The minimum atomic E-state index is 0.524. The molecule has 0 N–H and O–H groups in total. The lowest BCUT2D eigenvalue weighted by Gasteiger charge is -2.40. The Morgan fingerprint density at radius 3 is 2.70 bits per heavy atom. The van der Waals surface area contributed by atoms with Crippen molar-refractivity contribution in [2.75, 3.05) is 26.2 Å². The Morgan fingerprint density at radius 1 is 1.13 bits per heavy atom. The Morgan fingerprint density at radius 2 is 1.96 bits per heavy atom. The predicted molar refractivity (Wildman–Crippen MR) is 94.4 cm³/mol. The third-order valence-electron chi connectivity index (χ3n) is 5.41. The van der Waals surface area contributed by atoms with Gasteiger partial charge in [-0.3, -0.25) is 14.5 Å². The number of thiophene rings is 1. The number of hydrogen-bond donors (Lipinski definition) is 0. The fourth-order valence-corrected chi connectivity index (χ4v) is 5.05. The van der Waals surface area contributed by atoms with Gasteiger partial charge < -0.3 is 0 Å². The molecule has 0 amide bonds. The normalized spacial score (nSPS) is 26.3. The van der Waals surface area contributed by atoms with Crippen molar-refractivity contribution < 1.29 is 0 Å².